The SMILES string of the molecule is CC(C(=O)Nc1ccc(F)cc1N)n1cccn1. The van der Waals surface area contributed by atoms with E-state index in [9.17, 15) is 9.18 Å². The van der Waals surface area contributed by atoms with Crippen molar-refractivity contribution in [2.24, 2.45) is 0 Å². The predicted molar refractivity (Wildman–Crippen MR) is 66.4 cm³/mol. The fraction of sp³-hybridized carbons (Fsp3) is 0.167. The maximum atomic E-state index is 12.9. The van der Waals surface area contributed by atoms with E-state index in [-0.39, 0.29) is 11.6 Å². The number of halogens is 1. The Hall–Kier alpha value is -2.37. The zero-order valence-corrected chi connectivity index (χ0v) is 9.80. The Kier molecular flexibility index (Phi) is 3.27. The molecule has 1 atom stereocenters. The maximum absolute atomic E-state index is 12.9. The first kappa shape index (κ1) is 12.1. The number of anilines is 2. The van der Waals surface area contributed by atoms with Crippen molar-refractivity contribution < 1.29 is 9.18 Å². The van der Waals surface area contributed by atoms with Crippen molar-refractivity contribution in [2.45, 2.75) is 13.0 Å². The number of nitrogens with two attached hydrogens (primary N) is 1. The Morgan fingerprint density at radius 3 is 2.94 bits per heavy atom. The minimum Gasteiger partial charge on any atom is -0.397 e. The lowest BCUT2D eigenvalue weighted by Gasteiger charge is -2.13. The van der Waals surface area contributed by atoms with Gasteiger partial charge in [-0.15, -0.1) is 0 Å². The average molecular weight is 248 g/mol. The largest absolute Gasteiger partial charge is 0.397 e. The smallest absolute Gasteiger partial charge is 0.249 e. The molecule has 2 aromatic rings. The monoisotopic (exact) mass is 248 g/mol. The number of carbonyl (C=O) groups is 1. The average Bonchev–Trinajstić information content (AvgIpc) is 2.85. The number of nitrogens with zero attached hydrogens (tertiary/aromatic N) is 2. The van der Waals surface area contributed by atoms with Crippen molar-refractivity contribution in [2.75, 3.05) is 11.1 Å². The second-order valence-electron chi connectivity index (χ2n) is 3.88. The van der Waals surface area contributed by atoms with E-state index >= 15 is 0 Å². The molecule has 1 amide bonds. The van der Waals surface area contributed by atoms with Gasteiger partial charge in [0.2, 0.25) is 5.91 Å². The zero-order chi connectivity index (χ0) is 13.1. The van der Waals surface area contributed by atoms with Crippen molar-refractivity contribution in [1.82, 2.24) is 9.78 Å². The number of hydrogen-bond donors (Lipinski definition) is 2. The quantitative estimate of drug-likeness (QED) is 0.813. The molecule has 1 aromatic heterocycles. The van der Waals surface area contributed by atoms with E-state index < -0.39 is 11.9 Å². The number of nitrogen functional groups attached to an aromatic ring is 1. The second kappa shape index (κ2) is 4.87. The van der Waals surface area contributed by atoms with E-state index in [1.165, 1.54) is 16.8 Å². The lowest BCUT2D eigenvalue weighted by atomic mass is 10.2. The molecule has 2 rings (SSSR count). The van der Waals surface area contributed by atoms with Crippen molar-refractivity contribution in [3.8, 4) is 0 Å². The summed E-state index contributed by atoms with van der Waals surface area (Å²) in [4.78, 5) is 11.9. The van der Waals surface area contributed by atoms with Crippen LogP contribution in [-0.4, -0.2) is 15.7 Å². The van der Waals surface area contributed by atoms with E-state index in [0.29, 0.717) is 5.69 Å². The van der Waals surface area contributed by atoms with Crippen LogP contribution in [0, 0.1) is 5.82 Å². The fourth-order valence-corrected chi connectivity index (χ4v) is 1.51. The second-order valence-corrected chi connectivity index (χ2v) is 3.88. The molecule has 0 aliphatic rings. The molecule has 3 N–H and O–H groups in total. The van der Waals surface area contributed by atoms with Crippen LogP contribution in [0.1, 0.15) is 13.0 Å². The highest BCUT2D eigenvalue weighted by Crippen LogP contribution is 2.20. The van der Waals surface area contributed by atoms with Gasteiger partial charge in [-0.3, -0.25) is 9.48 Å². The van der Waals surface area contributed by atoms with Crippen LogP contribution in [-0.2, 0) is 4.79 Å². The molecule has 0 fully saturated rings. The molecular formula is C12H13FN4O. The van der Waals surface area contributed by atoms with E-state index in [1.54, 1.807) is 25.4 Å². The summed E-state index contributed by atoms with van der Waals surface area (Å²) in [6.07, 6.45) is 3.29. The Labute approximate surface area is 103 Å². The molecule has 18 heavy (non-hydrogen) atoms. The highest BCUT2D eigenvalue weighted by molar-refractivity contribution is 5.96. The highest BCUT2D eigenvalue weighted by Gasteiger charge is 2.16. The summed E-state index contributed by atoms with van der Waals surface area (Å²) in [6, 6.07) is 5.09. The molecule has 0 aliphatic heterocycles. The highest BCUT2D eigenvalue weighted by atomic mass is 19.1. The van der Waals surface area contributed by atoms with Gasteiger partial charge in [0, 0.05) is 12.4 Å². The predicted octanol–water partition coefficient (Wildman–Crippen LogP) is 1.80. The van der Waals surface area contributed by atoms with E-state index in [2.05, 4.69) is 10.4 Å². The molecule has 0 spiro atoms. The summed E-state index contributed by atoms with van der Waals surface area (Å²) in [5.74, 6) is -0.706. The summed E-state index contributed by atoms with van der Waals surface area (Å²) in [6.45, 7) is 1.71. The summed E-state index contributed by atoms with van der Waals surface area (Å²) >= 11 is 0. The summed E-state index contributed by atoms with van der Waals surface area (Å²) in [5.41, 5.74) is 6.19. The normalized spacial score (nSPS) is 12.1. The van der Waals surface area contributed by atoms with Crippen LogP contribution in [0.25, 0.3) is 0 Å². The van der Waals surface area contributed by atoms with Gasteiger partial charge in [-0.05, 0) is 31.2 Å². The van der Waals surface area contributed by atoms with E-state index in [0.717, 1.165) is 6.07 Å². The molecule has 0 saturated carbocycles. The Morgan fingerprint density at radius 1 is 1.56 bits per heavy atom. The van der Waals surface area contributed by atoms with Crippen molar-refractivity contribution in [1.29, 1.82) is 0 Å². The molecule has 5 nitrogen and oxygen atoms in total. The topological polar surface area (TPSA) is 72.9 Å². The van der Waals surface area contributed by atoms with Gasteiger partial charge in [-0.2, -0.15) is 5.10 Å². The number of aromatic nitrogens is 2. The van der Waals surface area contributed by atoms with Gasteiger partial charge >= 0.3 is 0 Å². The number of rotatable bonds is 3. The van der Waals surface area contributed by atoms with Gasteiger partial charge in [0.25, 0.3) is 0 Å². The first-order valence-electron chi connectivity index (χ1n) is 5.43. The molecule has 1 aromatic carbocycles. The van der Waals surface area contributed by atoms with Crippen LogP contribution in [0.4, 0.5) is 15.8 Å². The van der Waals surface area contributed by atoms with Gasteiger partial charge in [-0.25, -0.2) is 4.39 Å². The lowest BCUT2D eigenvalue weighted by molar-refractivity contribution is -0.119. The van der Waals surface area contributed by atoms with Crippen LogP contribution >= 0.6 is 0 Å². The number of carbonyl (C=O) groups excluding carboxylic acids is 1. The van der Waals surface area contributed by atoms with Gasteiger partial charge in [0.05, 0.1) is 11.4 Å². The van der Waals surface area contributed by atoms with Gasteiger partial charge in [-0.1, -0.05) is 0 Å². The Morgan fingerprint density at radius 2 is 2.33 bits per heavy atom. The van der Waals surface area contributed by atoms with Crippen LogP contribution < -0.4 is 11.1 Å². The molecule has 1 heterocycles. The van der Waals surface area contributed by atoms with E-state index in [1.807, 2.05) is 0 Å². The number of nitrogens with one attached hydrogen (secondary N) is 1. The molecule has 0 bridgehead atoms. The number of hydrogen-bond acceptors (Lipinski definition) is 3. The Balaban J connectivity index is 2.12. The molecule has 6 heteroatoms. The van der Waals surface area contributed by atoms with Crippen LogP contribution in [0.15, 0.2) is 36.7 Å². The van der Waals surface area contributed by atoms with Gasteiger partial charge in [0.1, 0.15) is 11.9 Å². The van der Waals surface area contributed by atoms with Crippen LogP contribution in [0.3, 0.4) is 0 Å². The van der Waals surface area contributed by atoms with Crippen LogP contribution in [0.5, 0.6) is 0 Å². The summed E-state index contributed by atoms with van der Waals surface area (Å²) in [7, 11) is 0. The molecule has 0 aliphatic carbocycles. The minimum atomic E-state index is -0.468. The third-order valence-corrected chi connectivity index (χ3v) is 2.57. The Bertz CT molecular complexity index is 553. The maximum Gasteiger partial charge on any atom is 0.249 e. The third-order valence-electron chi connectivity index (χ3n) is 2.57. The first-order chi connectivity index (χ1) is 8.58. The molecule has 94 valence electrons. The van der Waals surface area contributed by atoms with E-state index in [4.69, 9.17) is 5.73 Å². The zero-order valence-electron chi connectivity index (χ0n) is 9.80. The van der Waals surface area contributed by atoms with Crippen molar-refractivity contribution in [3.05, 3.63) is 42.5 Å². The standard InChI is InChI=1S/C12H13FN4O/c1-8(17-6-2-5-15-17)12(18)16-11-4-3-9(13)7-10(11)14/h2-8H,14H2,1H3,(H,16,18). The van der Waals surface area contributed by atoms with Crippen molar-refractivity contribution >= 4 is 17.3 Å². The minimum absolute atomic E-state index is 0.191. The summed E-state index contributed by atoms with van der Waals surface area (Å²) in [5, 5.41) is 6.61. The fourth-order valence-electron chi connectivity index (χ4n) is 1.51. The number of benzene rings is 1. The van der Waals surface area contributed by atoms with Gasteiger partial charge < -0.3 is 11.1 Å². The molecule has 1 unspecified atom stereocenters. The molecule has 0 saturated heterocycles. The first-order valence-corrected chi connectivity index (χ1v) is 5.43. The van der Waals surface area contributed by atoms with Crippen LogP contribution in [0.2, 0.25) is 0 Å². The van der Waals surface area contributed by atoms with Crippen molar-refractivity contribution in [3.63, 3.8) is 0 Å². The lowest BCUT2D eigenvalue weighted by Crippen LogP contribution is -2.24. The van der Waals surface area contributed by atoms with Gasteiger partial charge in [0.15, 0.2) is 0 Å². The molecule has 0 radical (unpaired) electrons. The number of amides is 1. The third kappa shape index (κ3) is 2.48. The molecular weight excluding hydrogens is 235 g/mol. The summed E-state index contributed by atoms with van der Waals surface area (Å²) < 4.78 is 14.4.